The highest BCUT2D eigenvalue weighted by atomic mass is 16.1. The lowest BCUT2D eigenvalue weighted by atomic mass is 9.84. The Labute approximate surface area is 92.2 Å². The molecule has 1 saturated carbocycles. The Kier molecular flexibility index (Phi) is 5.03. The molecule has 84 valence electrons. The Morgan fingerprint density at radius 3 is 1.88 bits per heavy atom. The van der Waals surface area contributed by atoms with Crippen molar-refractivity contribution in [1.82, 2.24) is 0 Å². The third-order valence-corrected chi connectivity index (χ3v) is 2.77. The van der Waals surface area contributed by atoms with Crippen LogP contribution in [0.1, 0.15) is 25.7 Å². The SMILES string of the molecule is O=C=NC1CCC(C(N=C=O)N=C=O)CC1. The first-order valence-corrected chi connectivity index (χ1v) is 5.02. The van der Waals surface area contributed by atoms with E-state index in [2.05, 4.69) is 15.0 Å². The van der Waals surface area contributed by atoms with Crippen LogP contribution in [0.4, 0.5) is 0 Å². The van der Waals surface area contributed by atoms with Crippen LogP contribution in [0.3, 0.4) is 0 Å². The van der Waals surface area contributed by atoms with Crippen molar-refractivity contribution in [3.8, 4) is 0 Å². The molecule has 0 amide bonds. The van der Waals surface area contributed by atoms with Crippen LogP contribution in [0.2, 0.25) is 0 Å². The Morgan fingerprint density at radius 1 is 0.875 bits per heavy atom. The van der Waals surface area contributed by atoms with Crippen molar-refractivity contribution in [2.45, 2.75) is 37.9 Å². The van der Waals surface area contributed by atoms with Gasteiger partial charge in [0.15, 0.2) is 6.17 Å². The summed E-state index contributed by atoms with van der Waals surface area (Å²) in [4.78, 5) is 40.9. The van der Waals surface area contributed by atoms with Gasteiger partial charge in [-0.1, -0.05) is 0 Å². The van der Waals surface area contributed by atoms with E-state index in [4.69, 9.17) is 0 Å². The maximum atomic E-state index is 10.1. The van der Waals surface area contributed by atoms with E-state index < -0.39 is 6.17 Å². The van der Waals surface area contributed by atoms with Gasteiger partial charge >= 0.3 is 0 Å². The van der Waals surface area contributed by atoms with Gasteiger partial charge in [0.1, 0.15) is 0 Å². The van der Waals surface area contributed by atoms with Crippen molar-refractivity contribution in [2.75, 3.05) is 0 Å². The molecule has 1 aliphatic carbocycles. The molecule has 1 aliphatic rings. The Morgan fingerprint density at radius 2 is 1.44 bits per heavy atom. The molecular formula is C10H11N3O3. The van der Waals surface area contributed by atoms with Crippen LogP contribution >= 0.6 is 0 Å². The van der Waals surface area contributed by atoms with Gasteiger partial charge in [-0.2, -0.15) is 9.98 Å². The largest absolute Gasteiger partial charge is 0.237 e. The van der Waals surface area contributed by atoms with Gasteiger partial charge in [0.05, 0.1) is 6.04 Å². The van der Waals surface area contributed by atoms with Crippen LogP contribution in [-0.2, 0) is 14.4 Å². The average Bonchev–Trinajstić information content (AvgIpc) is 2.30. The highest BCUT2D eigenvalue weighted by molar-refractivity contribution is 5.37. The van der Waals surface area contributed by atoms with Crippen molar-refractivity contribution in [1.29, 1.82) is 0 Å². The van der Waals surface area contributed by atoms with E-state index in [9.17, 15) is 14.4 Å². The normalized spacial score (nSPS) is 25.5. The summed E-state index contributed by atoms with van der Waals surface area (Å²) >= 11 is 0. The predicted molar refractivity (Wildman–Crippen MR) is 53.9 cm³/mol. The number of hydrogen-bond acceptors (Lipinski definition) is 6. The fourth-order valence-corrected chi connectivity index (χ4v) is 1.95. The number of nitrogens with zero attached hydrogens (tertiary/aromatic N) is 3. The molecule has 0 N–H and O–H groups in total. The maximum Gasteiger partial charge on any atom is 0.237 e. The molecular weight excluding hydrogens is 210 g/mol. The zero-order valence-corrected chi connectivity index (χ0v) is 8.63. The van der Waals surface area contributed by atoms with E-state index in [-0.39, 0.29) is 12.0 Å². The van der Waals surface area contributed by atoms with Crippen LogP contribution in [0.15, 0.2) is 15.0 Å². The minimum atomic E-state index is -0.684. The molecule has 1 rings (SSSR count). The zero-order chi connectivity index (χ0) is 11.8. The number of carbonyl (C=O) groups excluding carboxylic acids is 3. The summed E-state index contributed by atoms with van der Waals surface area (Å²) in [6.07, 6.45) is 6.54. The third kappa shape index (κ3) is 3.37. The smallest absolute Gasteiger partial charge is 0.211 e. The highest BCUT2D eigenvalue weighted by Gasteiger charge is 2.27. The van der Waals surface area contributed by atoms with Gasteiger partial charge in [-0.05, 0) is 25.7 Å². The number of rotatable bonds is 4. The number of aliphatic imine (C=N–C) groups is 3. The summed E-state index contributed by atoms with van der Waals surface area (Å²) in [5.74, 6) is 0.0287. The lowest BCUT2D eigenvalue weighted by Crippen LogP contribution is -2.24. The maximum absolute atomic E-state index is 10.1. The average molecular weight is 221 g/mol. The van der Waals surface area contributed by atoms with Gasteiger partial charge < -0.3 is 0 Å². The summed E-state index contributed by atoms with van der Waals surface area (Å²) in [5, 5.41) is 0. The summed E-state index contributed by atoms with van der Waals surface area (Å²) in [6.45, 7) is 0. The molecule has 16 heavy (non-hydrogen) atoms. The van der Waals surface area contributed by atoms with Gasteiger partial charge in [-0.25, -0.2) is 19.4 Å². The van der Waals surface area contributed by atoms with E-state index in [1.165, 1.54) is 18.2 Å². The molecule has 0 aromatic heterocycles. The second kappa shape index (κ2) is 6.59. The monoisotopic (exact) mass is 221 g/mol. The van der Waals surface area contributed by atoms with Gasteiger partial charge in [-0.3, -0.25) is 0 Å². The molecule has 6 nitrogen and oxygen atoms in total. The zero-order valence-electron chi connectivity index (χ0n) is 8.63. The molecule has 0 atom stereocenters. The molecule has 0 spiro atoms. The number of isocyanates is 3. The van der Waals surface area contributed by atoms with Crippen molar-refractivity contribution >= 4 is 18.2 Å². The molecule has 0 aliphatic heterocycles. The van der Waals surface area contributed by atoms with Gasteiger partial charge in [0, 0.05) is 5.92 Å². The fraction of sp³-hybridized carbons (Fsp3) is 0.700. The molecule has 1 fully saturated rings. The third-order valence-electron chi connectivity index (χ3n) is 2.77. The summed E-state index contributed by atoms with van der Waals surface area (Å²) < 4.78 is 0. The lowest BCUT2D eigenvalue weighted by molar-refractivity contribution is 0.287. The molecule has 0 bridgehead atoms. The molecule has 0 saturated heterocycles. The van der Waals surface area contributed by atoms with E-state index in [1.807, 2.05) is 0 Å². The van der Waals surface area contributed by atoms with Crippen LogP contribution in [0, 0.1) is 5.92 Å². The van der Waals surface area contributed by atoms with Crippen molar-refractivity contribution in [3.05, 3.63) is 0 Å². The Balaban J connectivity index is 2.59. The molecule has 0 radical (unpaired) electrons. The van der Waals surface area contributed by atoms with Crippen LogP contribution in [0.5, 0.6) is 0 Å². The van der Waals surface area contributed by atoms with Gasteiger partial charge in [-0.15, -0.1) is 0 Å². The van der Waals surface area contributed by atoms with Crippen LogP contribution in [-0.4, -0.2) is 30.4 Å². The molecule has 6 heteroatoms. The first-order chi connectivity index (χ1) is 7.81. The summed E-state index contributed by atoms with van der Waals surface area (Å²) in [7, 11) is 0. The lowest BCUT2D eigenvalue weighted by Gasteiger charge is -2.26. The minimum absolute atomic E-state index is 0.00479. The Bertz CT molecular complexity index is 351. The van der Waals surface area contributed by atoms with Gasteiger partial charge in [0.25, 0.3) is 0 Å². The highest BCUT2D eigenvalue weighted by Crippen LogP contribution is 2.30. The van der Waals surface area contributed by atoms with Crippen LogP contribution in [0.25, 0.3) is 0 Å². The van der Waals surface area contributed by atoms with E-state index in [1.54, 1.807) is 0 Å². The molecule has 0 unspecified atom stereocenters. The van der Waals surface area contributed by atoms with Crippen molar-refractivity contribution in [3.63, 3.8) is 0 Å². The molecule has 0 aromatic carbocycles. The van der Waals surface area contributed by atoms with E-state index in [0.29, 0.717) is 0 Å². The second-order valence-corrected chi connectivity index (χ2v) is 3.64. The quantitative estimate of drug-likeness (QED) is 0.521. The first kappa shape index (κ1) is 12.2. The standard InChI is InChI=1S/C10H11N3O3/c14-5-11-9-3-1-8(2-4-9)10(12-6-15)13-7-16/h8-10H,1-4H2. The van der Waals surface area contributed by atoms with Crippen molar-refractivity contribution < 1.29 is 14.4 Å². The van der Waals surface area contributed by atoms with E-state index in [0.717, 1.165) is 25.7 Å². The predicted octanol–water partition coefficient (Wildman–Crippen LogP) is 0.879. The van der Waals surface area contributed by atoms with E-state index >= 15 is 0 Å². The summed E-state index contributed by atoms with van der Waals surface area (Å²) in [6, 6.07) is -0.00479. The molecule has 0 heterocycles. The van der Waals surface area contributed by atoms with Crippen LogP contribution < -0.4 is 0 Å². The van der Waals surface area contributed by atoms with Crippen molar-refractivity contribution in [2.24, 2.45) is 20.9 Å². The fourth-order valence-electron chi connectivity index (χ4n) is 1.95. The van der Waals surface area contributed by atoms with Gasteiger partial charge in [0.2, 0.25) is 18.2 Å². The first-order valence-electron chi connectivity index (χ1n) is 5.02. The number of hydrogen-bond donors (Lipinski definition) is 0. The topological polar surface area (TPSA) is 88.3 Å². The molecule has 0 aromatic rings. The second-order valence-electron chi connectivity index (χ2n) is 3.64. The Hall–Kier alpha value is -1.86. The minimum Gasteiger partial charge on any atom is -0.211 e. The summed E-state index contributed by atoms with van der Waals surface area (Å²) in [5.41, 5.74) is 0.